The van der Waals surface area contributed by atoms with Crippen molar-refractivity contribution in [3.8, 4) is 5.75 Å². The van der Waals surface area contributed by atoms with E-state index in [4.69, 9.17) is 18.9 Å². The summed E-state index contributed by atoms with van der Waals surface area (Å²) in [4.78, 5) is 53.9. The number of aromatic nitrogens is 1. The normalized spacial score (nSPS) is 37.6. The van der Waals surface area contributed by atoms with Gasteiger partial charge in [-0.1, -0.05) is 50.1 Å². The van der Waals surface area contributed by atoms with Crippen LogP contribution in [-0.4, -0.2) is 123 Å². The number of anilines is 1. The van der Waals surface area contributed by atoms with E-state index < -0.39 is 45.9 Å². The average molecular weight is 821 g/mol. The van der Waals surface area contributed by atoms with Crippen molar-refractivity contribution in [2.24, 2.45) is 23.2 Å². The van der Waals surface area contributed by atoms with Crippen molar-refractivity contribution in [1.29, 1.82) is 0 Å². The number of nitrogens with one attached hydrogen (secondary N) is 1. The summed E-state index contributed by atoms with van der Waals surface area (Å²) in [7, 11) is 6.34. The fourth-order valence-electron chi connectivity index (χ4n) is 14.7. The third-order valence-electron chi connectivity index (χ3n) is 16.8. The molecule has 7 aliphatic rings. The fourth-order valence-corrected chi connectivity index (χ4v) is 14.7. The van der Waals surface area contributed by atoms with Crippen LogP contribution in [0.2, 0.25) is 0 Å². The highest BCUT2D eigenvalue weighted by Gasteiger charge is 2.80. The zero-order valence-electron chi connectivity index (χ0n) is 35.9. The van der Waals surface area contributed by atoms with Gasteiger partial charge in [-0.3, -0.25) is 14.5 Å². The number of esters is 3. The first-order valence-electron chi connectivity index (χ1n) is 22.2. The Bertz CT molecular complexity index is 2290. The first-order chi connectivity index (χ1) is 28.9. The Kier molecular flexibility index (Phi) is 9.32. The molecule has 1 aromatic heterocycles. The monoisotopic (exact) mass is 820 g/mol. The second kappa shape index (κ2) is 14.1. The number of para-hydroxylation sites is 1. The Morgan fingerprint density at radius 3 is 2.47 bits per heavy atom. The highest BCUT2D eigenvalue weighted by molar-refractivity contribution is 5.95. The summed E-state index contributed by atoms with van der Waals surface area (Å²) < 4.78 is 24.2. The Morgan fingerprint density at radius 1 is 0.950 bits per heavy atom. The second-order valence-electron chi connectivity index (χ2n) is 19.0. The SMILES string of the molecule is CC[C@]12C=CCN3CCC4(c5cc([C@]6(C(=O)OC)CC7CN(CCc8c6[nH]c6ccccc86)C[C@@H]6CCCC[C@H]76)c(OC)cc5N(C)C4[C@](O)(C(=O)OC)C1OC(C)=O)[C@@H]32. The number of likely N-dealkylation sites (N-methyl/N-ethyl adjacent to an activating group) is 1. The molecule has 60 heavy (non-hydrogen) atoms. The number of nitrogens with zero attached hydrogens (tertiary/aromatic N) is 3. The molecular weight excluding hydrogens is 761 g/mol. The molecule has 2 saturated carbocycles. The summed E-state index contributed by atoms with van der Waals surface area (Å²) >= 11 is 0. The van der Waals surface area contributed by atoms with E-state index in [1.165, 1.54) is 40.4 Å². The molecule has 320 valence electrons. The second-order valence-corrected chi connectivity index (χ2v) is 19.0. The molecule has 2 bridgehead atoms. The zero-order valence-corrected chi connectivity index (χ0v) is 35.9. The summed E-state index contributed by atoms with van der Waals surface area (Å²) in [6, 6.07) is 11.4. The maximum absolute atomic E-state index is 15.5. The van der Waals surface area contributed by atoms with E-state index in [9.17, 15) is 14.7 Å². The Morgan fingerprint density at radius 2 is 1.72 bits per heavy atom. The Balaban J connectivity index is 1.28. The minimum Gasteiger partial charge on any atom is -0.496 e. The first kappa shape index (κ1) is 39.7. The average Bonchev–Trinajstić information content (AvgIpc) is 3.92. The molecule has 10 rings (SSSR count). The maximum Gasteiger partial charge on any atom is 0.344 e. The van der Waals surface area contributed by atoms with Crippen LogP contribution in [0, 0.1) is 23.2 Å². The highest BCUT2D eigenvalue weighted by Crippen LogP contribution is 2.68. The molecule has 2 saturated heterocycles. The van der Waals surface area contributed by atoms with E-state index in [0.717, 1.165) is 71.5 Å². The molecule has 6 heterocycles. The van der Waals surface area contributed by atoms with Crippen LogP contribution in [0.5, 0.6) is 5.75 Å². The Labute approximate surface area is 352 Å². The number of benzene rings is 2. The standard InChI is InChI=1S/C48H60N4O8/c1-7-45-18-12-20-52-22-19-46(40(45)52)34-23-35(38(57-4)24-37(34)50(3)41(46)48(56,44(55)59-6)42(45)60-28(2)53)47(43(54)58-5)25-30-27-51(26-29-13-8-9-14-31(29)30)21-17-33-32-15-10-11-16-36(32)49-39(33)47/h10-12,15-16,18,23-24,29-31,40-42,49,56H,7-9,13-14,17,19-22,25-27H2,1-6H3/t29-,30?,31-,40-,41?,42?,45+,46?,47+,48+/m0/s1. The van der Waals surface area contributed by atoms with Gasteiger partial charge in [-0.2, -0.15) is 0 Å². The molecule has 1 spiro atoms. The zero-order chi connectivity index (χ0) is 41.9. The summed E-state index contributed by atoms with van der Waals surface area (Å²) in [6.07, 6.45) is 10.1. The molecule has 12 heteroatoms. The molecule has 3 aromatic rings. The van der Waals surface area contributed by atoms with Gasteiger partial charge in [-0.15, -0.1) is 0 Å². The van der Waals surface area contributed by atoms with Crippen LogP contribution < -0.4 is 9.64 Å². The molecule has 5 aliphatic heterocycles. The Hall–Kier alpha value is -4.39. The number of carbonyl (C=O) groups is 3. The molecule has 12 nitrogen and oxygen atoms in total. The summed E-state index contributed by atoms with van der Waals surface area (Å²) in [5.74, 6) is 0.0532. The van der Waals surface area contributed by atoms with Crippen LogP contribution >= 0.6 is 0 Å². The molecule has 11 atom stereocenters. The lowest BCUT2D eigenvalue weighted by Gasteiger charge is -2.63. The van der Waals surface area contributed by atoms with Gasteiger partial charge in [0.1, 0.15) is 11.2 Å². The maximum atomic E-state index is 15.5. The number of hydrogen-bond acceptors (Lipinski definition) is 11. The smallest absolute Gasteiger partial charge is 0.344 e. The number of aliphatic hydroxyl groups is 1. The lowest BCUT2D eigenvalue weighted by molar-refractivity contribution is -0.228. The molecule has 2 aromatic carbocycles. The van der Waals surface area contributed by atoms with Gasteiger partial charge in [0.2, 0.25) is 5.60 Å². The number of aromatic amines is 1. The van der Waals surface area contributed by atoms with E-state index in [0.29, 0.717) is 49.9 Å². The van der Waals surface area contributed by atoms with E-state index in [-0.39, 0.29) is 17.9 Å². The van der Waals surface area contributed by atoms with Crippen LogP contribution in [-0.2, 0) is 45.8 Å². The predicted octanol–water partition coefficient (Wildman–Crippen LogP) is 5.27. The van der Waals surface area contributed by atoms with Gasteiger partial charge >= 0.3 is 17.9 Å². The fraction of sp³-hybridized carbons (Fsp3) is 0.604. The van der Waals surface area contributed by atoms with Crippen molar-refractivity contribution in [1.82, 2.24) is 14.8 Å². The number of H-pyrrole nitrogens is 1. The summed E-state index contributed by atoms with van der Waals surface area (Å²) in [6.45, 7) is 7.65. The van der Waals surface area contributed by atoms with Crippen molar-refractivity contribution in [3.63, 3.8) is 0 Å². The number of ether oxygens (including phenoxy) is 4. The van der Waals surface area contributed by atoms with Crippen molar-refractivity contribution >= 4 is 34.5 Å². The topological polar surface area (TPSA) is 134 Å². The van der Waals surface area contributed by atoms with Crippen molar-refractivity contribution in [2.75, 3.05) is 66.0 Å². The van der Waals surface area contributed by atoms with Crippen LogP contribution in [0.4, 0.5) is 5.69 Å². The van der Waals surface area contributed by atoms with Gasteiger partial charge in [0.25, 0.3) is 0 Å². The quantitative estimate of drug-likeness (QED) is 0.192. The molecule has 0 amide bonds. The number of carbonyl (C=O) groups excluding carboxylic acids is 3. The van der Waals surface area contributed by atoms with Gasteiger partial charge < -0.3 is 38.8 Å². The van der Waals surface area contributed by atoms with E-state index in [1.807, 2.05) is 31.0 Å². The molecule has 2 aliphatic carbocycles. The van der Waals surface area contributed by atoms with Crippen LogP contribution in [0.25, 0.3) is 10.9 Å². The molecule has 5 unspecified atom stereocenters. The van der Waals surface area contributed by atoms with Crippen molar-refractivity contribution in [3.05, 3.63) is 70.9 Å². The highest BCUT2D eigenvalue weighted by atomic mass is 16.6. The lowest BCUT2D eigenvalue weighted by Crippen LogP contribution is -2.81. The number of fused-ring (bicyclic) bond motifs is 8. The largest absolute Gasteiger partial charge is 0.496 e. The predicted molar refractivity (Wildman–Crippen MR) is 226 cm³/mol. The molecule has 0 radical (unpaired) electrons. The molecule has 4 fully saturated rings. The van der Waals surface area contributed by atoms with Gasteiger partial charge in [-0.25, -0.2) is 4.79 Å². The number of piperidine rings is 1. The van der Waals surface area contributed by atoms with E-state index in [1.54, 1.807) is 7.11 Å². The minimum absolute atomic E-state index is 0.217. The van der Waals surface area contributed by atoms with Crippen LogP contribution in [0.1, 0.15) is 81.2 Å². The van der Waals surface area contributed by atoms with Crippen molar-refractivity contribution in [2.45, 2.75) is 99.8 Å². The van der Waals surface area contributed by atoms with Gasteiger partial charge in [0, 0.05) is 90.9 Å². The molecular formula is C48H60N4O8. The van der Waals surface area contributed by atoms with Gasteiger partial charge in [0.15, 0.2) is 6.10 Å². The summed E-state index contributed by atoms with van der Waals surface area (Å²) in [5, 5.41) is 14.5. The number of rotatable bonds is 6. The minimum atomic E-state index is -2.27. The molecule has 2 N–H and O–H groups in total. The van der Waals surface area contributed by atoms with Crippen LogP contribution in [0.3, 0.4) is 0 Å². The van der Waals surface area contributed by atoms with Gasteiger partial charge in [-0.05, 0) is 86.1 Å². The van der Waals surface area contributed by atoms with Crippen LogP contribution in [0.15, 0.2) is 48.6 Å². The first-order valence-corrected chi connectivity index (χ1v) is 22.2. The lowest BCUT2D eigenvalue weighted by atomic mass is 9.47. The third-order valence-corrected chi connectivity index (χ3v) is 16.8. The number of hydrogen-bond donors (Lipinski definition) is 2. The van der Waals surface area contributed by atoms with Crippen molar-refractivity contribution < 1.29 is 38.4 Å². The van der Waals surface area contributed by atoms with Gasteiger partial charge in [0.05, 0.1) is 27.4 Å². The summed E-state index contributed by atoms with van der Waals surface area (Å²) in [5.41, 5.74) is 0.0512. The third kappa shape index (κ3) is 5.04. The number of methoxy groups -OCH3 is 3. The van der Waals surface area contributed by atoms with E-state index >= 15 is 4.79 Å². The van der Waals surface area contributed by atoms with E-state index in [2.05, 4.69) is 51.2 Å².